The van der Waals surface area contributed by atoms with Crippen LogP contribution in [0.2, 0.25) is 10.0 Å². The third-order valence-electron chi connectivity index (χ3n) is 4.54. The summed E-state index contributed by atoms with van der Waals surface area (Å²) in [7, 11) is 0. The van der Waals surface area contributed by atoms with Gasteiger partial charge in [0.1, 0.15) is 12.4 Å². The first-order valence-corrected chi connectivity index (χ1v) is 9.67. The van der Waals surface area contributed by atoms with Crippen LogP contribution >= 0.6 is 23.2 Å². The Morgan fingerprint density at radius 1 is 1.04 bits per heavy atom. The molecule has 2 aromatic carbocycles. The van der Waals surface area contributed by atoms with Crippen LogP contribution in [0.15, 0.2) is 42.5 Å². The minimum Gasteiger partial charge on any atom is -0.350 e. The van der Waals surface area contributed by atoms with E-state index in [2.05, 4.69) is 5.32 Å². The van der Waals surface area contributed by atoms with Crippen molar-refractivity contribution in [2.75, 3.05) is 19.6 Å². The molecular weight excluding hydrogens is 404 g/mol. The highest BCUT2D eigenvalue weighted by molar-refractivity contribution is 6.31. The fourth-order valence-electron chi connectivity index (χ4n) is 3.06. The third kappa shape index (κ3) is 5.14. The minimum atomic E-state index is -0.421. The van der Waals surface area contributed by atoms with Gasteiger partial charge in [0, 0.05) is 36.2 Å². The van der Waals surface area contributed by atoms with E-state index in [9.17, 15) is 14.0 Å². The Balaban J connectivity index is 1.56. The van der Waals surface area contributed by atoms with Crippen molar-refractivity contribution in [1.29, 1.82) is 0 Å². The number of amides is 3. The van der Waals surface area contributed by atoms with E-state index in [1.807, 2.05) is 18.2 Å². The Hall–Kier alpha value is -2.31. The summed E-state index contributed by atoms with van der Waals surface area (Å²) >= 11 is 12.1. The smallest absolute Gasteiger partial charge is 0.320 e. The Morgan fingerprint density at radius 2 is 1.79 bits per heavy atom. The molecule has 0 saturated carbocycles. The van der Waals surface area contributed by atoms with E-state index in [-0.39, 0.29) is 30.1 Å². The van der Waals surface area contributed by atoms with Crippen molar-refractivity contribution in [2.24, 2.45) is 0 Å². The Morgan fingerprint density at radius 3 is 2.54 bits per heavy atom. The van der Waals surface area contributed by atoms with E-state index in [0.717, 1.165) is 12.0 Å². The van der Waals surface area contributed by atoms with Gasteiger partial charge in [-0.3, -0.25) is 4.79 Å². The lowest BCUT2D eigenvalue weighted by molar-refractivity contribution is -0.122. The molecule has 1 aliphatic heterocycles. The van der Waals surface area contributed by atoms with Crippen molar-refractivity contribution in [2.45, 2.75) is 19.5 Å². The number of halogens is 3. The number of hydrogen-bond acceptors (Lipinski definition) is 2. The summed E-state index contributed by atoms with van der Waals surface area (Å²) in [6, 6.07) is 11.1. The molecule has 1 heterocycles. The van der Waals surface area contributed by atoms with Crippen LogP contribution in [0.5, 0.6) is 0 Å². The zero-order valence-electron chi connectivity index (χ0n) is 15.1. The molecule has 2 aromatic rings. The van der Waals surface area contributed by atoms with Crippen LogP contribution in [0.3, 0.4) is 0 Å². The van der Waals surface area contributed by atoms with E-state index < -0.39 is 5.82 Å². The summed E-state index contributed by atoms with van der Waals surface area (Å²) in [6.45, 7) is 1.61. The quantitative estimate of drug-likeness (QED) is 0.760. The van der Waals surface area contributed by atoms with Crippen LogP contribution < -0.4 is 5.32 Å². The van der Waals surface area contributed by atoms with Crippen LogP contribution in [0.1, 0.15) is 17.5 Å². The molecule has 0 spiro atoms. The molecule has 1 saturated heterocycles. The van der Waals surface area contributed by atoms with Crippen LogP contribution in [-0.2, 0) is 17.9 Å². The molecular formula is C20H20Cl2FN3O2. The fraction of sp³-hybridized carbons (Fsp3) is 0.300. The highest BCUT2D eigenvalue weighted by atomic mass is 35.5. The lowest BCUT2D eigenvalue weighted by Gasteiger charge is -2.35. The molecule has 3 amide bonds. The van der Waals surface area contributed by atoms with Gasteiger partial charge in [0.2, 0.25) is 5.91 Å². The molecule has 148 valence electrons. The Kier molecular flexibility index (Phi) is 6.75. The Labute approximate surface area is 173 Å². The molecule has 8 heteroatoms. The molecule has 1 aliphatic rings. The van der Waals surface area contributed by atoms with Gasteiger partial charge in [-0.15, -0.1) is 0 Å². The molecule has 0 bridgehead atoms. The maximum atomic E-state index is 13.2. The average Bonchev–Trinajstić information content (AvgIpc) is 2.66. The molecule has 1 N–H and O–H groups in total. The number of rotatable bonds is 6. The molecule has 0 aromatic heterocycles. The lowest BCUT2D eigenvalue weighted by atomic mass is 10.2. The summed E-state index contributed by atoms with van der Waals surface area (Å²) in [6.07, 6.45) is 0.738. The molecule has 0 aliphatic carbocycles. The van der Waals surface area contributed by atoms with Crippen molar-refractivity contribution >= 4 is 35.1 Å². The van der Waals surface area contributed by atoms with E-state index >= 15 is 0 Å². The van der Waals surface area contributed by atoms with E-state index in [0.29, 0.717) is 30.2 Å². The largest absolute Gasteiger partial charge is 0.350 e. The van der Waals surface area contributed by atoms with Crippen molar-refractivity contribution < 1.29 is 14.0 Å². The molecule has 0 radical (unpaired) electrons. The van der Waals surface area contributed by atoms with Gasteiger partial charge < -0.3 is 15.1 Å². The van der Waals surface area contributed by atoms with Gasteiger partial charge in [-0.1, -0.05) is 47.5 Å². The monoisotopic (exact) mass is 423 g/mol. The highest BCUT2D eigenvalue weighted by Gasteiger charge is 2.27. The van der Waals surface area contributed by atoms with Crippen LogP contribution in [0.25, 0.3) is 0 Å². The van der Waals surface area contributed by atoms with Gasteiger partial charge in [0.25, 0.3) is 0 Å². The van der Waals surface area contributed by atoms with Crippen molar-refractivity contribution in [3.63, 3.8) is 0 Å². The van der Waals surface area contributed by atoms with E-state index in [1.165, 1.54) is 17.0 Å². The maximum Gasteiger partial charge on any atom is 0.320 e. The fourth-order valence-corrected chi connectivity index (χ4v) is 3.49. The van der Waals surface area contributed by atoms with Gasteiger partial charge in [0.05, 0.1) is 0 Å². The zero-order chi connectivity index (χ0) is 20.1. The van der Waals surface area contributed by atoms with E-state index in [1.54, 1.807) is 17.0 Å². The normalized spacial score (nSPS) is 14.3. The number of carbonyl (C=O) groups is 2. The van der Waals surface area contributed by atoms with Gasteiger partial charge in [-0.05, 0) is 35.7 Å². The first-order valence-electron chi connectivity index (χ1n) is 8.92. The molecule has 0 atom stereocenters. The van der Waals surface area contributed by atoms with Crippen molar-refractivity contribution in [3.05, 3.63) is 69.5 Å². The Bertz CT molecular complexity index is 878. The lowest BCUT2D eigenvalue weighted by Crippen LogP contribution is -2.51. The SMILES string of the molecule is O=C(CN1CCCN(Cc2ccc(F)cc2Cl)C1=O)NCc1ccccc1Cl. The topological polar surface area (TPSA) is 52.7 Å². The maximum absolute atomic E-state index is 13.2. The number of benzene rings is 2. The predicted molar refractivity (Wildman–Crippen MR) is 107 cm³/mol. The first kappa shape index (κ1) is 20.4. The van der Waals surface area contributed by atoms with Crippen LogP contribution in [0.4, 0.5) is 9.18 Å². The van der Waals surface area contributed by atoms with Crippen molar-refractivity contribution in [3.8, 4) is 0 Å². The summed E-state index contributed by atoms with van der Waals surface area (Å²) < 4.78 is 13.2. The second-order valence-corrected chi connectivity index (χ2v) is 7.40. The minimum absolute atomic E-state index is 0.0308. The summed E-state index contributed by atoms with van der Waals surface area (Å²) in [5, 5.41) is 3.65. The second kappa shape index (κ2) is 9.26. The van der Waals surface area contributed by atoms with Crippen LogP contribution in [-0.4, -0.2) is 41.4 Å². The summed E-state index contributed by atoms with van der Waals surface area (Å²) in [5.74, 6) is -0.675. The van der Waals surface area contributed by atoms with Gasteiger partial charge in [-0.25, -0.2) is 9.18 Å². The molecule has 0 unspecified atom stereocenters. The zero-order valence-corrected chi connectivity index (χ0v) is 16.6. The van der Waals surface area contributed by atoms with E-state index in [4.69, 9.17) is 23.2 Å². The van der Waals surface area contributed by atoms with Crippen LogP contribution in [0, 0.1) is 5.82 Å². The summed E-state index contributed by atoms with van der Waals surface area (Å²) in [5.41, 5.74) is 1.48. The summed E-state index contributed by atoms with van der Waals surface area (Å²) in [4.78, 5) is 28.1. The van der Waals surface area contributed by atoms with Gasteiger partial charge in [0.15, 0.2) is 0 Å². The highest BCUT2D eigenvalue weighted by Crippen LogP contribution is 2.21. The number of nitrogens with one attached hydrogen (secondary N) is 1. The molecule has 3 rings (SSSR count). The second-order valence-electron chi connectivity index (χ2n) is 6.58. The van der Waals surface area contributed by atoms with Crippen molar-refractivity contribution in [1.82, 2.24) is 15.1 Å². The van der Waals surface area contributed by atoms with Gasteiger partial charge in [-0.2, -0.15) is 0 Å². The number of carbonyl (C=O) groups excluding carboxylic acids is 2. The molecule has 28 heavy (non-hydrogen) atoms. The molecule has 1 fully saturated rings. The predicted octanol–water partition coefficient (Wildman–Crippen LogP) is 4.08. The number of nitrogens with zero attached hydrogens (tertiary/aromatic N) is 2. The number of urea groups is 1. The third-order valence-corrected chi connectivity index (χ3v) is 5.26. The average molecular weight is 424 g/mol. The standard InChI is InChI=1S/C20H20Cl2FN3O2/c21-17-5-2-1-4-14(17)11-24-19(27)13-26-9-3-8-25(20(26)28)12-15-6-7-16(23)10-18(15)22/h1-2,4-7,10H,3,8-9,11-13H2,(H,24,27). The molecule has 5 nitrogen and oxygen atoms in total. The van der Waals surface area contributed by atoms with Gasteiger partial charge >= 0.3 is 6.03 Å². The first-order chi connectivity index (χ1) is 13.4. The number of hydrogen-bond donors (Lipinski definition) is 1.